The van der Waals surface area contributed by atoms with E-state index in [1.165, 1.54) is 16.7 Å². The summed E-state index contributed by atoms with van der Waals surface area (Å²) in [6, 6.07) is 0. The third-order valence-corrected chi connectivity index (χ3v) is 2.88. The summed E-state index contributed by atoms with van der Waals surface area (Å²) in [4.78, 5) is 4.17. The predicted molar refractivity (Wildman–Crippen MR) is 54.1 cm³/mol. The van der Waals surface area contributed by atoms with Gasteiger partial charge in [-0.15, -0.1) is 0 Å². The topological polar surface area (TPSA) is 12.9 Å². The van der Waals surface area contributed by atoms with Gasteiger partial charge in [-0.25, -0.2) is 4.98 Å². The van der Waals surface area contributed by atoms with Gasteiger partial charge in [-0.3, -0.25) is 0 Å². The van der Waals surface area contributed by atoms with Crippen LogP contribution in [-0.2, 0) is 5.75 Å². The van der Waals surface area contributed by atoms with Gasteiger partial charge >= 0.3 is 0 Å². The summed E-state index contributed by atoms with van der Waals surface area (Å²) >= 11 is 7.62. The van der Waals surface area contributed by atoms with Crippen LogP contribution in [0, 0.1) is 13.8 Å². The molecule has 0 aliphatic heterocycles. The monoisotopic (exact) mass is 231 g/mol. The van der Waals surface area contributed by atoms with E-state index in [9.17, 15) is 0 Å². The third kappa shape index (κ3) is 1.76. The molecule has 60 valence electrons. The van der Waals surface area contributed by atoms with E-state index in [0.29, 0.717) is 0 Å². The molecule has 0 atom stereocenters. The molecular weight excluding hydrogens is 222 g/mol. The molecule has 0 radical (unpaired) electrons. The highest BCUT2D eigenvalue weighted by molar-refractivity contribution is 9.10. The largest absolute Gasteiger partial charge is 0.249 e. The average Bonchev–Trinajstić information content (AvgIpc) is 1.99. The molecule has 0 aliphatic carbocycles. The van der Waals surface area contributed by atoms with E-state index in [4.69, 9.17) is 0 Å². The number of pyridine rings is 1. The van der Waals surface area contributed by atoms with Crippen LogP contribution < -0.4 is 0 Å². The number of hydrogen-bond donors (Lipinski definition) is 1. The van der Waals surface area contributed by atoms with Crippen molar-refractivity contribution < 1.29 is 0 Å². The lowest BCUT2D eigenvalue weighted by Gasteiger charge is -2.06. The molecule has 0 unspecified atom stereocenters. The van der Waals surface area contributed by atoms with Gasteiger partial charge in [0.2, 0.25) is 0 Å². The van der Waals surface area contributed by atoms with Crippen molar-refractivity contribution >= 4 is 28.6 Å². The Morgan fingerprint density at radius 1 is 1.55 bits per heavy atom. The molecule has 0 aliphatic rings. The van der Waals surface area contributed by atoms with Gasteiger partial charge in [0.1, 0.15) is 4.60 Å². The van der Waals surface area contributed by atoms with E-state index in [1.807, 2.05) is 6.20 Å². The lowest BCUT2D eigenvalue weighted by Crippen LogP contribution is -1.93. The van der Waals surface area contributed by atoms with Gasteiger partial charge in [-0.2, -0.15) is 12.6 Å². The van der Waals surface area contributed by atoms with Crippen molar-refractivity contribution in [1.29, 1.82) is 0 Å². The summed E-state index contributed by atoms with van der Waals surface area (Å²) < 4.78 is 0.923. The zero-order valence-electron chi connectivity index (χ0n) is 6.56. The number of aryl methyl sites for hydroxylation is 1. The molecular formula is C8H10BrNS. The van der Waals surface area contributed by atoms with Gasteiger partial charge in [-0.05, 0) is 46.5 Å². The van der Waals surface area contributed by atoms with Crippen LogP contribution in [0.2, 0.25) is 0 Å². The van der Waals surface area contributed by atoms with Crippen LogP contribution in [0.3, 0.4) is 0 Å². The summed E-state index contributed by atoms with van der Waals surface area (Å²) in [6.45, 7) is 4.10. The number of halogens is 1. The molecule has 1 heterocycles. The van der Waals surface area contributed by atoms with Crippen molar-refractivity contribution in [3.63, 3.8) is 0 Å². The molecule has 0 fully saturated rings. The molecule has 11 heavy (non-hydrogen) atoms. The van der Waals surface area contributed by atoms with E-state index in [1.54, 1.807) is 0 Å². The van der Waals surface area contributed by atoms with Crippen LogP contribution in [0.1, 0.15) is 16.7 Å². The molecule has 0 saturated heterocycles. The molecule has 1 rings (SSSR count). The first-order valence-corrected chi connectivity index (χ1v) is 4.80. The molecule has 0 amide bonds. The molecule has 1 nitrogen and oxygen atoms in total. The summed E-state index contributed by atoms with van der Waals surface area (Å²) in [7, 11) is 0. The lowest BCUT2D eigenvalue weighted by molar-refractivity contribution is 1.12. The second-order valence-electron chi connectivity index (χ2n) is 2.49. The Morgan fingerprint density at radius 3 is 2.64 bits per heavy atom. The van der Waals surface area contributed by atoms with Gasteiger partial charge in [0.05, 0.1) is 0 Å². The fourth-order valence-corrected chi connectivity index (χ4v) is 1.82. The molecule has 3 heteroatoms. The normalized spacial score (nSPS) is 10.2. The molecule has 0 aromatic carbocycles. The average molecular weight is 232 g/mol. The molecule has 1 aromatic rings. The zero-order chi connectivity index (χ0) is 8.43. The van der Waals surface area contributed by atoms with Gasteiger partial charge < -0.3 is 0 Å². The van der Waals surface area contributed by atoms with Gasteiger partial charge in [0.15, 0.2) is 0 Å². The fourth-order valence-electron chi connectivity index (χ4n) is 0.992. The van der Waals surface area contributed by atoms with Crippen molar-refractivity contribution in [3.05, 3.63) is 27.5 Å². The smallest absolute Gasteiger partial charge is 0.109 e. The number of thiol groups is 1. The van der Waals surface area contributed by atoms with Gasteiger partial charge in [0.25, 0.3) is 0 Å². The fraction of sp³-hybridized carbons (Fsp3) is 0.375. The summed E-state index contributed by atoms with van der Waals surface area (Å²) in [5.41, 5.74) is 3.68. The van der Waals surface area contributed by atoms with E-state index in [-0.39, 0.29) is 0 Å². The predicted octanol–water partition coefficient (Wildman–Crippen LogP) is 2.89. The van der Waals surface area contributed by atoms with Crippen LogP contribution in [-0.4, -0.2) is 4.98 Å². The standard InChI is InChI=1S/C8H10BrNS/c1-5-3-10-8(9)6(2)7(5)4-11/h3,11H,4H2,1-2H3. The maximum Gasteiger partial charge on any atom is 0.109 e. The highest BCUT2D eigenvalue weighted by Crippen LogP contribution is 2.21. The minimum Gasteiger partial charge on any atom is -0.249 e. The number of aromatic nitrogens is 1. The quantitative estimate of drug-likeness (QED) is 0.580. The van der Waals surface area contributed by atoms with Crippen molar-refractivity contribution in [3.8, 4) is 0 Å². The molecule has 0 saturated carbocycles. The van der Waals surface area contributed by atoms with Crippen LogP contribution in [0.4, 0.5) is 0 Å². The maximum atomic E-state index is 4.25. The van der Waals surface area contributed by atoms with Crippen molar-refractivity contribution in [2.75, 3.05) is 0 Å². The van der Waals surface area contributed by atoms with Crippen molar-refractivity contribution in [2.45, 2.75) is 19.6 Å². The Bertz CT molecular complexity index is 273. The maximum absolute atomic E-state index is 4.25. The first kappa shape index (κ1) is 9.07. The van der Waals surface area contributed by atoms with Crippen LogP contribution >= 0.6 is 28.6 Å². The molecule has 0 N–H and O–H groups in total. The van der Waals surface area contributed by atoms with Crippen molar-refractivity contribution in [2.24, 2.45) is 0 Å². The van der Waals surface area contributed by atoms with Crippen LogP contribution in [0.25, 0.3) is 0 Å². The van der Waals surface area contributed by atoms with Gasteiger partial charge in [-0.1, -0.05) is 0 Å². The minimum atomic E-state index is 0.777. The molecule has 1 aromatic heterocycles. The van der Waals surface area contributed by atoms with Gasteiger partial charge in [0, 0.05) is 11.9 Å². The minimum absolute atomic E-state index is 0.777. The van der Waals surface area contributed by atoms with E-state index >= 15 is 0 Å². The van der Waals surface area contributed by atoms with Crippen molar-refractivity contribution in [1.82, 2.24) is 4.98 Å². The zero-order valence-corrected chi connectivity index (χ0v) is 9.04. The second kappa shape index (κ2) is 3.59. The van der Waals surface area contributed by atoms with E-state index in [2.05, 4.69) is 47.4 Å². The Balaban J connectivity index is 3.29. The van der Waals surface area contributed by atoms with Crippen LogP contribution in [0.5, 0.6) is 0 Å². The summed E-state index contributed by atoms with van der Waals surface area (Å²) in [6.07, 6.45) is 1.86. The third-order valence-electron chi connectivity index (χ3n) is 1.77. The second-order valence-corrected chi connectivity index (χ2v) is 3.56. The highest BCUT2D eigenvalue weighted by Gasteiger charge is 2.04. The highest BCUT2D eigenvalue weighted by atomic mass is 79.9. The van der Waals surface area contributed by atoms with Crippen LogP contribution in [0.15, 0.2) is 10.8 Å². The molecule has 0 spiro atoms. The SMILES string of the molecule is Cc1cnc(Br)c(C)c1CS. The molecule has 0 bridgehead atoms. The number of nitrogens with zero attached hydrogens (tertiary/aromatic N) is 1. The Morgan fingerprint density at radius 2 is 2.18 bits per heavy atom. The van der Waals surface area contributed by atoms with E-state index in [0.717, 1.165) is 10.4 Å². The number of rotatable bonds is 1. The summed E-state index contributed by atoms with van der Waals surface area (Å²) in [5.74, 6) is 0.777. The summed E-state index contributed by atoms with van der Waals surface area (Å²) in [5, 5.41) is 0. The Kier molecular flexibility index (Phi) is 2.96. The Hall–Kier alpha value is -0.0200. The first-order valence-electron chi connectivity index (χ1n) is 3.38. The first-order chi connectivity index (χ1) is 5.16. The Labute approximate surface area is 80.8 Å². The number of hydrogen-bond acceptors (Lipinski definition) is 2. The van der Waals surface area contributed by atoms with E-state index < -0.39 is 0 Å². The lowest BCUT2D eigenvalue weighted by atomic mass is 10.1.